The van der Waals surface area contributed by atoms with Gasteiger partial charge in [-0.3, -0.25) is 4.79 Å². The maximum Gasteiger partial charge on any atom is 0.255 e. The molecule has 0 fully saturated rings. The Morgan fingerprint density at radius 2 is 1.44 bits per heavy atom. The van der Waals surface area contributed by atoms with Crippen molar-refractivity contribution in [2.24, 2.45) is 0 Å². The maximum atomic E-state index is 14.2. The van der Waals surface area contributed by atoms with Crippen molar-refractivity contribution >= 4 is 5.91 Å². The minimum atomic E-state index is 0.0509. The molecular weight excluding hydrogens is 422 g/mol. The van der Waals surface area contributed by atoms with Crippen LogP contribution in [-0.2, 0) is 19.4 Å². The largest absolute Gasteiger partial charge is 0.454 e. The van der Waals surface area contributed by atoms with Crippen LogP contribution in [-0.4, -0.2) is 23.6 Å². The molecule has 4 heteroatoms. The first-order valence-electron chi connectivity index (χ1n) is 11.7. The fourth-order valence-electron chi connectivity index (χ4n) is 5.05. The lowest BCUT2D eigenvalue weighted by molar-refractivity contribution is 0.0668. The number of ether oxygens (including phenoxy) is 2. The van der Waals surface area contributed by atoms with Crippen molar-refractivity contribution in [3.05, 3.63) is 119 Å². The molecule has 0 radical (unpaired) electrons. The molecule has 2 aliphatic rings. The molecule has 0 unspecified atom stereocenters. The van der Waals surface area contributed by atoms with Gasteiger partial charge in [0.1, 0.15) is 0 Å². The molecule has 0 spiro atoms. The van der Waals surface area contributed by atoms with Gasteiger partial charge in [0.15, 0.2) is 11.5 Å². The number of carbonyl (C=O) groups is 1. The van der Waals surface area contributed by atoms with Crippen molar-refractivity contribution in [2.45, 2.75) is 25.4 Å². The van der Waals surface area contributed by atoms with Gasteiger partial charge in [0.25, 0.3) is 5.91 Å². The summed E-state index contributed by atoms with van der Waals surface area (Å²) in [6, 6.07) is 32.6. The van der Waals surface area contributed by atoms with E-state index in [0.29, 0.717) is 6.54 Å². The molecule has 34 heavy (non-hydrogen) atoms. The second kappa shape index (κ2) is 8.71. The van der Waals surface area contributed by atoms with Gasteiger partial charge in [-0.15, -0.1) is 0 Å². The molecule has 1 aliphatic carbocycles. The van der Waals surface area contributed by atoms with Crippen LogP contribution < -0.4 is 9.47 Å². The van der Waals surface area contributed by atoms with Crippen molar-refractivity contribution in [2.75, 3.05) is 6.79 Å². The highest BCUT2D eigenvalue weighted by Crippen LogP contribution is 2.35. The number of benzene rings is 4. The zero-order valence-electron chi connectivity index (χ0n) is 18.8. The number of fused-ring (bicyclic) bond motifs is 2. The predicted octanol–water partition coefficient (Wildman–Crippen LogP) is 5.89. The Bertz CT molecular complexity index is 1320. The highest BCUT2D eigenvalue weighted by molar-refractivity contribution is 6.01. The summed E-state index contributed by atoms with van der Waals surface area (Å²) >= 11 is 0. The van der Waals surface area contributed by atoms with Crippen LogP contribution in [0.3, 0.4) is 0 Å². The third-order valence-electron chi connectivity index (χ3n) is 6.76. The fourth-order valence-corrected chi connectivity index (χ4v) is 5.05. The van der Waals surface area contributed by atoms with Gasteiger partial charge in [0.2, 0.25) is 6.79 Å². The minimum absolute atomic E-state index is 0.0509. The molecule has 4 aromatic rings. The average Bonchev–Trinajstić information content (AvgIpc) is 3.54. The Balaban J connectivity index is 1.38. The van der Waals surface area contributed by atoms with Crippen LogP contribution in [0.15, 0.2) is 97.1 Å². The van der Waals surface area contributed by atoms with Crippen LogP contribution in [0.25, 0.3) is 11.1 Å². The second-order valence-corrected chi connectivity index (χ2v) is 8.86. The lowest BCUT2D eigenvalue weighted by Gasteiger charge is -2.30. The maximum absolute atomic E-state index is 14.2. The molecule has 0 saturated carbocycles. The number of amides is 1. The van der Waals surface area contributed by atoms with Crippen LogP contribution in [0.5, 0.6) is 11.5 Å². The first-order valence-corrected chi connectivity index (χ1v) is 11.7. The standard InChI is InChI=1S/C30H25NO3/c32-30(27-13-7-6-12-26(27)22-8-2-1-3-9-22)31(25-17-23-10-4-5-11-24(23)18-25)19-21-14-15-28-29(16-21)34-20-33-28/h1-16,25H,17-20H2. The molecule has 0 aromatic heterocycles. The number of hydrogen-bond donors (Lipinski definition) is 0. The summed E-state index contributed by atoms with van der Waals surface area (Å²) in [6.07, 6.45) is 1.72. The molecule has 0 atom stereocenters. The van der Waals surface area contributed by atoms with E-state index >= 15 is 0 Å². The first kappa shape index (κ1) is 20.5. The van der Waals surface area contributed by atoms with Gasteiger partial charge in [-0.1, -0.05) is 78.9 Å². The molecule has 1 aliphatic heterocycles. The normalized spacial score (nSPS) is 14.1. The van der Waals surface area contributed by atoms with Gasteiger partial charge in [-0.2, -0.15) is 0 Å². The Labute approximate surface area is 199 Å². The number of nitrogens with zero attached hydrogens (tertiary/aromatic N) is 1. The predicted molar refractivity (Wildman–Crippen MR) is 132 cm³/mol. The zero-order chi connectivity index (χ0) is 22.9. The Hall–Kier alpha value is -4.05. The second-order valence-electron chi connectivity index (χ2n) is 8.86. The van der Waals surface area contributed by atoms with Crippen molar-refractivity contribution in [1.29, 1.82) is 0 Å². The number of hydrogen-bond acceptors (Lipinski definition) is 3. The zero-order valence-corrected chi connectivity index (χ0v) is 18.8. The summed E-state index contributed by atoms with van der Waals surface area (Å²) in [6.45, 7) is 0.751. The molecule has 1 amide bonds. The van der Waals surface area contributed by atoms with Gasteiger partial charge in [0, 0.05) is 18.2 Å². The van der Waals surface area contributed by atoms with E-state index in [1.165, 1.54) is 11.1 Å². The average molecular weight is 448 g/mol. The van der Waals surface area contributed by atoms with E-state index in [0.717, 1.165) is 46.6 Å². The van der Waals surface area contributed by atoms with Crippen LogP contribution in [0.1, 0.15) is 27.0 Å². The van der Waals surface area contributed by atoms with Crippen LogP contribution >= 0.6 is 0 Å². The molecule has 168 valence electrons. The first-order chi connectivity index (χ1) is 16.8. The highest BCUT2D eigenvalue weighted by atomic mass is 16.7. The highest BCUT2D eigenvalue weighted by Gasteiger charge is 2.32. The summed E-state index contributed by atoms with van der Waals surface area (Å²) in [5.41, 5.74) is 6.42. The van der Waals surface area contributed by atoms with Crippen molar-refractivity contribution < 1.29 is 14.3 Å². The van der Waals surface area contributed by atoms with Crippen LogP contribution in [0.4, 0.5) is 0 Å². The SMILES string of the molecule is O=C(c1ccccc1-c1ccccc1)N(Cc1ccc2c(c1)OCO2)C1Cc2ccccc2C1. The van der Waals surface area contributed by atoms with E-state index < -0.39 is 0 Å². The van der Waals surface area contributed by atoms with Crippen molar-refractivity contribution in [3.8, 4) is 22.6 Å². The minimum Gasteiger partial charge on any atom is -0.454 e. The summed E-state index contributed by atoms with van der Waals surface area (Å²) in [4.78, 5) is 16.2. The Kier molecular flexibility index (Phi) is 5.27. The van der Waals surface area contributed by atoms with Gasteiger partial charge < -0.3 is 14.4 Å². The monoisotopic (exact) mass is 447 g/mol. The number of carbonyl (C=O) groups excluding carboxylic acids is 1. The fraction of sp³-hybridized carbons (Fsp3) is 0.167. The molecule has 0 saturated heterocycles. The van der Waals surface area contributed by atoms with Crippen molar-refractivity contribution in [1.82, 2.24) is 4.90 Å². The Morgan fingerprint density at radius 1 is 0.765 bits per heavy atom. The quantitative estimate of drug-likeness (QED) is 0.383. The van der Waals surface area contributed by atoms with E-state index in [1.54, 1.807) is 0 Å². The molecular formula is C30H25NO3. The summed E-state index contributed by atoms with van der Waals surface area (Å²) in [5.74, 6) is 1.54. The smallest absolute Gasteiger partial charge is 0.255 e. The third kappa shape index (κ3) is 3.81. The van der Waals surface area contributed by atoms with Crippen LogP contribution in [0, 0.1) is 0 Å². The Morgan fingerprint density at radius 3 is 2.24 bits per heavy atom. The molecule has 1 heterocycles. The molecule has 0 N–H and O–H groups in total. The molecule has 4 aromatic carbocycles. The lowest BCUT2D eigenvalue weighted by atomic mass is 9.97. The van der Waals surface area contributed by atoms with E-state index in [4.69, 9.17) is 9.47 Å². The summed E-state index contributed by atoms with van der Waals surface area (Å²) < 4.78 is 11.1. The molecule has 4 nitrogen and oxygen atoms in total. The topological polar surface area (TPSA) is 38.8 Å². The summed E-state index contributed by atoms with van der Waals surface area (Å²) in [5, 5.41) is 0. The van der Waals surface area contributed by atoms with E-state index in [9.17, 15) is 4.79 Å². The third-order valence-corrected chi connectivity index (χ3v) is 6.76. The van der Waals surface area contributed by atoms with E-state index in [-0.39, 0.29) is 18.7 Å². The summed E-state index contributed by atoms with van der Waals surface area (Å²) in [7, 11) is 0. The van der Waals surface area contributed by atoms with Gasteiger partial charge in [-0.25, -0.2) is 0 Å². The molecule has 6 rings (SSSR count). The van der Waals surface area contributed by atoms with Crippen LogP contribution in [0.2, 0.25) is 0 Å². The van der Waals surface area contributed by atoms with E-state index in [1.807, 2.05) is 65.6 Å². The lowest BCUT2D eigenvalue weighted by Crippen LogP contribution is -2.40. The van der Waals surface area contributed by atoms with Crippen molar-refractivity contribution in [3.63, 3.8) is 0 Å². The molecule has 0 bridgehead atoms. The van der Waals surface area contributed by atoms with E-state index in [2.05, 4.69) is 36.4 Å². The number of rotatable bonds is 5. The van der Waals surface area contributed by atoms with Gasteiger partial charge in [-0.05, 0) is 58.9 Å². The van der Waals surface area contributed by atoms with Gasteiger partial charge in [0.05, 0.1) is 0 Å². The van der Waals surface area contributed by atoms with Gasteiger partial charge >= 0.3 is 0 Å².